The molecule has 0 bridgehead atoms. The fourth-order valence-electron chi connectivity index (χ4n) is 2.52. The van der Waals surface area contributed by atoms with Gasteiger partial charge in [-0.1, -0.05) is 47.5 Å². The summed E-state index contributed by atoms with van der Waals surface area (Å²) in [7, 11) is 1.61. The maximum absolute atomic E-state index is 6.17. The minimum Gasteiger partial charge on any atom is -0.493 e. The molecule has 138 valence electrons. The zero-order chi connectivity index (χ0) is 19.2. The van der Waals surface area contributed by atoms with E-state index in [1.165, 1.54) is 0 Å². The van der Waals surface area contributed by atoms with Crippen LogP contribution in [0.5, 0.6) is 11.5 Å². The summed E-state index contributed by atoms with van der Waals surface area (Å²) < 4.78 is 11.3. The fraction of sp³-hybridized carbons (Fsp3) is 0.136. The van der Waals surface area contributed by atoms with Gasteiger partial charge >= 0.3 is 0 Å². The molecule has 0 amide bonds. The molecule has 0 saturated carbocycles. The molecule has 0 fully saturated rings. The first kappa shape index (κ1) is 19.3. The maximum Gasteiger partial charge on any atom is 0.161 e. The first-order valence-corrected chi connectivity index (χ1v) is 9.17. The van der Waals surface area contributed by atoms with E-state index in [4.69, 9.17) is 32.7 Å². The van der Waals surface area contributed by atoms with Crippen LogP contribution in [0.2, 0.25) is 10.0 Å². The topological polar surface area (TPSA) is 30.8 Å². The van der Waals surface area contributed by atoms with Crippen LogP contribution in [0.3, 0.4) is 0 Å². The minimum atomic E-state index is 0.366. The second kappa shape index (κ2) is 8.94. The molecule has 27 heavy (non-hydrogen) atoms. The Morgan fingerprint density at radius 1 is 0.963 bits per heavy atom. The van der Waals surface area contributed by atoms with E-state index in [0.717, 1.165) is 22.4 Å². The average molecular weight is 400 g/mol. The van der Waals surface area contributed by atoms with E-state index in [1.807, 2.05) is 67.6 Å². The van der Waals surface area contributed by atoms with Crippen LogP contribution >= 0.6 is 23.2 Å². The molecule has 0 aliphatic heterocycles. The highest BCUT2D eigenvalue weighted by atomic mass is 35.5. The van der Waals surface area contributed by atoms with E-state index < -0.39 is 0 Å². The van der Waals surface area contributed by atoms with Crippen molar-refractivity contribution in [1.29, 1.82) is 0 Å². The van der Waals surface area contributed by atoms with Crippen molar-refractivity contribution >= 4 is 35.1 Å². The zero-order valence-corrected chi connectivity index (χ0v) is 16.6. The molecule has 3 rings (SSSR count). The van der Waals surface area contributed by atoms with Gasteiger partial charge in [0.25, 0.3) is 0 Å². The number of aryl methyl sites for hydroxylation is 1. The Hall–Kier alpha value is -2.49. The van der Waals surface area contributed by atoms with Crippen LogP contribution in [-0.4, -0.2) is 13.3 Å². The standard InChI is InChI=1S/C22H19Cl2NO2/c1-15-7-9-18(23)12-20(15)25-13-16-8-10-21(22(11-16)26-2)27-14-17-5-3-4-6-19(17)24/h3-13H,14H2,1-2H3. The first-order valence-electron chi connectivity index (χ1n) is 8.41. The van der Waals surface area contributed by atoms with E-state index in [9.17, 15) is 0 Å². The normalized spacial score (nSPS) is 11.0. The third kappa shape index (κ3) is 5.03. The van der Waals surface area contributed by atoms with Crippen molar-refractivity contribution in [2.45, 2.75) is 13.5 Å². The molecule has 0 atom stereocenters. The van der Waals surface area contributed by atoms with Crippen molar-refractivity contribution in [2.24, 2.45) is 4.99 Å². The van der Waals surface area contributed by atoms with Crippen LogP contribution in [0.15, 0.2) is 65.7 Å². The van der Waals surface area contributed by atoms with E-state index in [-0.39, 0.29) is 0 Å². The number of nitrogens with zero attached hydrogens (tertiary/aromatic N) is 1. The molecular weight excluding hydrogens is 381 g/mol. The lowest BCUT2D eigenvalue weighted by atomic mass is 10.2. The Kier molecular flexibility index (Phi) is 6.38. The molecule has 0 aromatic heterocycles. The number of aliphatic imine (C=N–C) groups is 1. The lowest BCUT2D eigenvalue weighted by molar-refractivity contribution is 0.284. The molecule has 0 radical (unpaired) electrons. The first-order chi connectivity index (χ1) is 13.1. The number of methoxy groups -OCH3 is 1. The van der Waals surface area contributed by atoms with Crippen LogP contribution in [-0.2, 0) is 6.61 Å². The van der Waals surface area contributed by atoms with Crippen LogP contribution in [0.4, 0.5) is 5.69 Å². The number of halogens is 2. The second-order valence-electron chi connectivity index (χ2n) is 5.98. The SMILES string of the molecule is COc1cc(C=Nc2cc(Cl)ccc2C)ccc1OCc1ccccc1Cl. The van der Waals surface area contributed by atoms with Gasteiger partial charge in [0, 0.05) is 21.8 Å². The average Bonchev–Trinajstić information content (AvgIpc) is 2.68. The molecule has 5 heteroatoms. The van der Waals surface area contributed by atoms with Crippen molar-refractivity contribution in [3.8, 4) is 11.5 Å². The van der Waals surface area contributed by atoms with Gasteiger partial charge in [-0.3, -0.25) is 4.99 Å². The molecule has 0 aliphatic rings. The molecule has 3 aromatic carbocycles. The Morgan fingerprint density at radius 2 is 1.78 bits per heavy atom. The van der Waals surface area contributed by atoms with Crippen LogP contribution in [0, 0.1) is 6.92 Å². The Balaban J connectivity index is 1.77. The highest BCUT2D eigenvalue weighted by molar-refractivity contribution is 6.31. The molecule has 0 N–H and O–H groups in total. The molecule has 0 heterocycles. The number of rotatable bonds is 6. The summed E-state index contributed by atoms with van der Waals surface area (Å²) in [6.07, 6.45) is 1.78. The Labute approximate surface area is 169 Å². The van der Waals surface area contributed by atoms with Crippen LogP contribution < -0.4 is 9.47 Å². The van der Waals surface area contributed by atoms with Gasteiger partial charge < -0.3 is 9.47 Å². The Morgan fingerprint density at radius 3 is 2.56 bits per heavy atom. The van der Waals surface area contributed by atoms with Gasteiger partial charge in [0.2, 0.25) is 0 Å². The third-order valence-corrected chi connectivity index (χ3v) is 4.66. The van der Waals surface area contributed by atoms with E-state index in [2.05, 4.69) is 4.99 Å². The zero-order valence-electron chi connectivity index (χ0n) is 15.1. The van der Waals surface area contributed by atoms with E-state index in [1.54, 1.807) is 13.3 Å². The van der Waals surface area contributed by atoms with Crippen molar-refractivity contribution in [1.82, 2.24) is 0 Å². The predicted molar refractivity (Wildman–Crippen MR) is 112 cm³/mol. The lowest BCUT2D eigenvalue weighted by Gasteiger charge is -2.12. The molecule has 0 saturated heterocycles. The Bertz CT molecular complexity index is 970. The van der Waals surface area contributed by atoms with Crippen LogP contribution in [0.1, 0.15) is 16.7 Å². The summed E-state index contributed by atoms with van der Waals surface area (Å²) in [4.78, 5) is 4.52. The summed E-state index contributed by atoms with van der Waals surface area (Å²) in [5, 5.41) is 1.34. The highest BCUT2D eigenvalue weighted by Gasteiger charge is 2.07. The van der Waals surface area contributed by atoms with Crippen molar-refractivity contribution in [3.05, 3.63) is 87.4 Å². The summed E-state index contributed by atoms with van der Waals surface area (Å²) in [5.41, 5.74) is 3.71. The summed E-state index contributed by atoms with van der Waals surface area (Å²) in [6, 6.07) is 18.9. The number of hydrogen-bond acceptors (Lipinski definition) is 3. The third-order valence-electron chi connectivity index (χ3n) is 4.05. The lowest BCUT2D eigenvalue weighted by Crippen LogP contribution is -1.99. The molecule has 3 aromatic rings. The van der Waals surface area contributed by atoms with Crippen molar-refractivity contribution in [2.75, 3.05) is 7.11 Å². The van der Waals surface area contributed by atoms with Gasteiger partial charge in [-0.15, -0.1) is 0 Å². The largest absolute Gasteiger partial charge is 0.493 e. The van der Waals surface area contributed by atoms with Crippen LogP contribution in [0.25, 0.3) is 0 Å². The fourth-order valence-corrected chi connectivity index (χ4v) is 2.88. The molecular formula is C22H19Cl2NO2. The van der Waals surface area contributed by atoms with Gasteiger partial charge in [0.15, 0.2) is 11.5 Å². The highest BCUT2D eigenvalue weighted by Crippen LogP contribution is 2.30. The van der Waals surface area contributed by atoms with Gasteiger partial charge in [-0.05, 0) is 54.4 Å². The van der Waals surface area contributed by atoms with Gasteiger partial charge in [0.05, 0.1) is 12.8 Å². The van der Waals surface area contributed by atoms with Crippen molar-refractivity contribution < 1.29 is 9.47 Å². The van der Waals surface area contributed by atoms with Gasteiger partial charge in [-0.25, -0.2) is 0 Å². The summed E-state index contributed by atoms with van der Waals surface area (Å²) in [5.74, 6) is 1.28. The smallest absolute Gasteiger partial charge is 0.161 e. The quantitative estimate of drug-likeness (QED) is 0.434. The summed E-state index contributed by atoms with van der Waals surface area (Å²) in [6.45, 7) is 2.36. The molecule has 0 aliphatic carbocycles. The van der Waals surface area contributed by atoms with Crippen molar-refractivity contribution in [3.63, 3.8) is 0 Å². The monoisotopic (exact) mass is 399 g/mol. The minimum absolute atomic E-state index is 0.366. The van der Waals surface area contributed by atoms with Gasteiger partial charge in [-0.2, -0.15) is 0 Å². The molecule has 3 nitrogen and oxygen atoms in total. The molecule has 0 spiro atoms. The summed E-state index contributed by atoms with van der Waals surface area (Å²) >= 11 is 12.2. The second-order valence-corrected chi connectivity index (χ2v) is 6.82. The van der Waals surface area contributed by atoms with E-state index in [0.29, 0.717) is 28.2 Å². The number of benzene rings is 3. The van der Waals surface area contributed by atoms with Gasteiger partial charge in [0.1, 0.15) is 6.61 Å². The predicted octanol–water partition coefficient (Wildman–Crippen LogP) is 6.64. The number of hydrogen-bond donors (Lipinski definition) is 0. The maximum atomic E-state index is 6.17. The van der Waals surface area contributed by atoms with E-state index >= 15 is 0 Å². The molecule has 0 unspecified atom stereocenters. The number of ether oxygens (including phenoxy) is 2.